The van der Waals surface area contributed by atoms with Gasteiger partial charge in [-0.1, -0.05) is 0 Å². The highest BCUT2D eigenvalue weighted by Gasteiger charge is 2.24. The molecule has 0 aromatic heterocycles. The van der Waals surface area contributed by atoms with Crippen LogP contribution in [0.1, 0.15) is 36.5 Å². The Balaban J connectivity index is 2.17. The van der Waals surface area contributed by atoms with Crippen LogP contribution in [0.3, 0.4) is 0 Å². The molecule has 0 aliphatic heterocycles. The molecule has 2 rings (SSSR count). The summed E-state index contributed by atoms with van der Waals surface area (Å²) < 4.78 is 11.0. The summed E-state index contributed by atoms with van der Waals surface area (Å²) >= 11 is 0. The van der Waals surface area contributed by atoms with Gasteiger partial charge in [-0.15, -0.1) is 0 Å². The lowest BCUT2D eigenvalue weighted by Crippen LogP contribution is -2.13. The number of rotatable bonds is 4. The summed E-state index contributed by atoms with van der Waals surface area (Å²) in [5.41, 5.74) is 0.585. The van der Waals surface area contributed by atoms with E-state index in [1.807, 2.05) is 0 Å². The molecule has 4 heteroatoms. The van der Waals surface area contributed by atoms with Crippen LogP contribution in [0.2, 0.25) is 0 Å². The average Bonchev–Trinajstić information content (AvgIpc) is 2.75. The lowest BCUT2D eigenvalue weighted by atomic mass is 10.1. The molecular weight excluding hydrogens is 232 g/mol. The van der Waals surface area contributed by atoms with Crippen LogP contribution in [0.5, 0.6) is 11.5 Å². The minimum absolute atomic E-state index is 0.0177. The Bertz CT molecular complexity index is 479. The van der Waals surface area contributed by atoms with Crippen molar-refractivity contribution in [3.63, 3.8) is 0 Å². The van der Waals surface area contributed by atoms with Crippen molar-refractivity contribution in [3.8, 4) is 11.5 Å². The van der Waals surface area contributed by atoms with Crippen LogP contribution in [0.4, 0.5) is 0 Å². The molecule has 0 radical (unpaired) electrons. The molecule has 0 bridgehead atoms. The van der Waals surface area contributed by atoms with E-state index < -0.39 is 0 Å². The van der Waals surface area contributed by atoms with Gasteiger partial charge in [0.15, 0.2) is 17.3 Å². The van der Waals surface area contributed by atoms with E-state index in [-0.39, 0.29) is 17.7 Å². The topological polar surface area (TPSA) is 52.6 Å². The summed E-state index contributed by atoms with van der Waals surface area (Å²) in [4.78, 5) is 22.5. The zero-order chi connectivity index (χ0) is 13.1. The quantitative estimate of drug-likeness (QED) is 0.768. The van der Waals surface area contributed by atoms with E-state index in [0.717, 1.165) is 6.42 Å². The van der Waals surface area contributed by atoms with Gasteiger partial charge >= 0.3 is 0 Å². The number of ether oxygens (including phenoxy) is 2. The second-order valence-corrected chi connectivity index (χ2v) is 4.44. The van der Waals surface area contributed by atoms with Gasteiger partial charge in [0, 0.05) is 18.4 Å². The van der Waals surface area contributed by atoms with Crippen molar-refractivity contribution in [1.29, 1.82) is 0 Å². The van der Waals surface area contributed by atoms with Crippen LogP contribution >= 0.6 is 0 Å². The van der Waals surface area contributed by atoms with Gasteiger partial charge in [-0.2, -0.15) is 0 Å². The maximum Gasteiger partial charge on any atom is 0.161 e. The Hall–Kier alpha value is -1.84. The van der Waals surface area contributed by atoms with Crippen LogP contribution in [0, 0.1) is 0 Å². The molecular formula is C14H16O4. The maximum atomic E-state index is 11.3. The van der Waals surface area contributed by atoms with Crippen LogP contribution < -0.4 is 9.47 Å². The lowest BCUT2D eigenvalue weighted by molar-refractivity contribution is -0.117. The Kier molecular flexibility index (Phi) is 3.65. The zero-order valence-electron chi connectivity index (χ0n) is 10.6. The monoisotopic (exact) mass is 248 g/mol. The molecule has 1 aromatic rings. The molecule has 0 spiro atoms. The van der Waals surface area contributed by atoms with Crippen molar-refractivity contribution in [2.75, 3.05) is 7.11 Å². The van der Waals surface area contributed by atoms with Crippen molar-refractivity contribution >= 4 is 11.6 Å². The summed E-state index contributed by atoms with van der Waals surface area (Å²) in [6, 6.07) is 5.09. The largest absolute Gasteiger partial charge is 0.493 e. The van der Waals surface area contributed by atoms with Gasteiger partial charge in [-0.3, -0.25) is 9.59 Å². The van der Waals surface area contributed by atoms with E-state index in [1.54, 1.807) is 18.2 Å². The van der Waals surface area contributed by atoms with Crippen molar-refractivity contribution in [3.05, 3.63) is 23.8 Å². The molecule has 0 heterocycles. The van der Waals surface area contributed by atoms with E-state index in [0.29, 0.717) is 29.9 Å². The Morgan fingerprint density at radius 1 is 1.33 bits per heavy atom. The molecule has 1 aliphatic carbocycles. The molecule has 0 amide bonds. The SMILES string of the molecule is COc1cc(C(C)=O)ccc1OC1CCC(=O)C1. The first-order valence-electron chi connectivity index (χ1n) is 5.97. The number of methoxy groups -OCH3 is 1. The van der Waals surface area contributed by atoms with Crippen molar-refractivity contribution in [2.24, 2.45) is 0 Å². The van der Waals surface area contributed by atoms with Crippen LogP contribution in [-0.2, 0) is 4.79 Å². The van der Waals surface area contributed by atoms with Gasteiger partial charge in [-0.05, 0) is 31.5 Å². The molecule has 1 unspecified atom stereocenters. The van der Waals surface area contributed by atoms with Crippen molar-refractivity contribution in [2.45, 2.75) is 32.3 Å². The van der Waals surface area contributed by atoms with Gasteiger partial charge in [-0.25, -0.2) is 0 Å². The third-order valence-electron chi connectivity index (χ3n) is 3.06. The number of Topliss-reactive ketones (excluding diaryl/α,β-unsaturated/α-hetero) is 2. The van der Waals surface area contributed by atoms with Crippen molar-refractivity contribution < 1.29 is 19.1 Å². The third-order valence-corrected chi connectivity index (χ3v) is 3.06. The van der Waals surface area contributed by atoms with Gasteiger partial charge in [0.1, 0.15) is 11.9 Å². The lowest BCUT2D eigenvalue weighted by Gasteiger charge is -2.15. The third kappa shape index (κ3) is 2.70. The number of carbonyl (C=O) groups is 2. The predicted octanol–water partition coefficient (Wildman–Crippen LogP) is 2.40. The second kappa shape index (κ2) is 5.21. The Morgan fingerprint density at radius 2 is 2.11 bits per heavy atom. The molecule has 1 fully saturated rings. The molecule has 4 nitrogen and oxygen atoms in total. The number of hydrogen-bond acceptors (Lipinski definition) is 4. The molecule has 1 aliphatic rings. The fourth-order valence-corrected chi connectivity index (χ4v) is 2.04. The van der Waals surface area contributed by atoms with Gasteiger partial charge in [0.05, 0.1) is 7.11 Å². The molecule has 96 valence electrons. The number of ketones is 2. The van der Waals surface area contributed by atoms with E-state index >= 15 is 0 Å². The normalized spacial score (nSPS) is 18.8. The van der Waals surface area contributed by atoms with Gasteiger partial charge in [0.25, 0.3) is 0 Å². The summed E-state index contributed by atoms with van der Waals surface area (Å²) in [5.74, 6) is 1.33. The molecule has 1 saturated carbocycles. The number of carbonyl (C=O) groups excluding carboxylic acids is 2. The fourth-order valence-electron chi connectivity index (χ4n) is 2.04. The summed E-state index contributed by atoms with van der Waals surface area (Å²) in [6.45, 7) is 1.50. The molecule has 1 aromatic carbocycles. The van der Waals surface area contributed by atoms with E-state index in [1.165, 1.54) is 14.0 Å². The predicted molar refractivity (Wildman–Crippen MR) is 66.3 cm³/mol. The van der Waals surface area contributed by atoms with Crippen molar-refractivity contribution in [1.82, 2.24) is 0 Å². The minimum Gasteiger partial charge on any atom is -0.493 e. The molecule has 0 N–H and O–H groups in total. The highest BCUT2D eigenvalue weighted by atomic mass is 16.5. The average molecular weight is 248 g/mol. The zero-order valence-corrected chi connectivity index (χ0v) is 10.6. The minimum atomic E-state index is -0.0745. The van der Waals surface area contributed by atoms with Gasteiger partial charge in [0.2, 0.25) is 0 Å². The molecule has 18 heavy (non-hydrogen) atoms. The second-order valence-electron chi connectivity index (χ2n) is 4.44. The van der Waals surface area contributed by atoms with E-state index in [4.69, 9.17) is 9.47 Å². The smallest absolute Gasteiger partial charge is 0.161 e. The summed E-state index contributed by atoms with van der Waals surface area (Å²) in [6.07, 6.45) is 1.71. The van der Waals surface area contributed by atoms with Gasteiger partial charge < -0.3 is 9.47 Å². The van der Waals surface area contributed by atoms with E-state index in [9.17, 15) is 9.59 Å². The first kappa shape index (κ1) is 12.6. The highest BCUT2D eigenvalue weighted by molar-refractivity contribution is 5.94. The standard InChI is InChI=1S/C14H16O4/c1-9(15)10-3-6-13(14(7-10)17-2)18-12-5-4-11(16)8-12/h3,6-7,12H,4-5,8H2,1-2H3. The van der Waals surface area contributed by atoms with E-state index in [2.05, 4.69) is 0 Å². The Morgan fingerprint density at radius 3 is 2.67 bits per heavy atom. The van der Waals surface area contributed by atoms with Crippen LogP contribution in [-0.4, -0.2) is 24.8 Å². The fraction of sp³-hybridized carbons (Fsp3) is 0.429. The first-order valence-corrected chi connectivity index (χ1v) is 5.97. The number of benzene rings is 1. The Labute approximate surface area is 106 Å². The molecule has 1 atom stereocenters. The maximum absolute atomic E-state index is 11.3. The summed E-state index contributed by atoms with van der Waals surface area (Å²) in [5, 5.41) is 0. The first-order chi connectivity index (χ1) is 8.60. The van der Waals surface area contributed by atoms with Crippen LogP contribution in [0.25, 0.3) is 0 Å². The summed E-state index contributed by atoms with van der Waals surface area (Å²) in [7, 11) is 1.53. The molecule has 0 saturated heterocycles. The number of hydrogen-bond donors (Lipinski definition) is 0. The van der Waals surface area contributed by atoms with Crippen LogP contribution in [0.15, 0.2) is 18.2 Å². The highest BCUT2D eigenvalue weighted by Crippen LogP contribution is 2.31.